The molecule has 0 saturated carbocycles. The second-order valence-electron chi connectivity index (χ2n) is 8.76. The minimum absolute atomic E-state index is 0.163. The van der Waals surface area contributed by atoms with Crippen molar-refractivity contribution in [2.24, 2.45) is 5.92 Å². The fourth-order valence-electron chi connectivity index (χ4n) is 4.29. The zero-order valence-corrected chi connectivity index (χ0v) is 21.5. The summed E-state index contributed by atoms with van der Waals surface area (Å²) < 4.78 is 47.9. The molecular formula is C26H21Cl2F3N4O3. The Morgan fingerprint density at radius 2 is 1.84 bits per heavy atom. The van der Waals surface area contributed by atoms with Crippen LogP contribution in [0.3, 0.4) is 0 Å². The van der Waals surface area contributed by atoms with Crippen molar-refractivity contribution in [3.8, 4) is 17.8 Å². The van der Waals surface area contributed by atoms with E-state index in [9.17, 15) is 18.0 Å². The van der Waals surface area contributed by atoms with Gasteiger partial charge in [-0.05, 0) is 36.8 Å². The second kappa shape index (κ2) is 11.5. The van der Waals surface area contributed by atoms with Crippen LogP contribution in [0, 0.1) is 17.2 Å². The molecule has 198 valence electrons. The SMILES string of the molecule is C[C@H](Oc1ccc(C#N)cn1)[C@H]1CN(C(=O)c2ccc(OCC(F)(F)F)nc2)C[C@@H]1c1ccc(Cl)c(Cl)c1. The number of rotatable bonds is 7. The van der Waals surface area contributed by atoms with Gasteiger partial charge in [-0.3, -0.25) is 4.79 Å². The van der Waals surface area contributed by atoms with E-state index in [1.165, 1.54) is 24.5 Å². The summed E-state index contributed by atoms with van der Waals surface area (Å²) in [6, 6.07) is 13.1. The number of carbonyl (C=O) groups is 1. The van der Waals surface area contributed by atoms with E-state index >= 15 is 0 Å². The highest BCUT2D eigenvalue weighted by Crippen LogP contribution is 2.38. The van der Waals surface area contributed by atoms with Gasteiger partial charge in [0.15, 0.2) is 6.61 Å². The van der Waals surface area contributed by atoms with Crippen LogP contribution in [0.5, 0.6) is 11.8 Å². The molecule has 1 aliphatic rings. The molecule has 3 heterocycles. The van der Waals surface area contributed by atoms with E-state index in [1.54, 1.807) is 29.2 Å². The van der Waals surface area contributed by atoms with Gasteiger partial charge in [-0.2, -0.15) is 18.4 Å². The molecule has 0 spiro atoms. The summed E-state index contributed by atoms with van der Waals surface area (Å²) in [6.07, 6.45) is -2.27. The first-order valence-corrected chi connectivity index (χ1v) is 12.2. The third-order valence-electron chi connectivity index (χ3n) is 6.17. The van der Waals surface area contributed by atoms with Gasteiger partial charge in [0.1, 0.15) is 12.2 Å². The second-order valence-corrected chi connectivity index (χ2v) is 9.58. The summed E-state index contributed by atoms with van der Waals surface area (Å²) in [6.45, 7) is 1.06. The molecule has 1 aromatic carbocycles. The molecule has 0 N–H and O–H groups in total. The number of hydrogen-bond acceptors (Lipinski definition) is 6. The van der Waals surface area contributed by atoms with E-state index in [1.807, 2.05) is 19.1 Å². The molecule has 7 nitrogen and oxygen atoms in total. The molecule has 0 unspecified atom stereocenters. The van der Waals surface area contributed by atoms with Crippen LogP contribution in [0.4, 0.5) is 13.2 Å². The fourth-order valence-corrected chi connectivity index (χ4v) is 4.60. The van der Waals surface area contributed by atoms with Crippen molar-refractivity contribution in [2.45, 2.75) is 25.1 Å². The zero-order valence-electron chi connectivity index (χ0n) is 20.0. The van der Waals surface area contributed by atoms with Crippen molar-refractivity contribution in [3.05, 3.63) is 81.6 Å². The van der Waals surface area contributed by atoms with E-state index in [0.717, 1.165) is 5.56 Å². The largest absolute Gasteiger partial charge is 0.474 e. The van der Waals surface area contributed by atoms with E-state index in [0.29, 0.717) is 34.6 Å². The van der Waals surface area contributed by atoms with E-state index < -0.39 is 12.8 Å². The molecule has 4 rings (SSSR count). The van der Waals surface area contributed by atoms with Gasteiger partial charge < -0.3 is 14.4 Å². The number of aromatic nitrogens is 2. The van der Waals surface area contributed by atoms with Crippen molar-refractivity contribution >= 4 is 29.1 Å². The molecule has 3 atom stereocenters. The van der Waals surface area contributed by atoms with Crippen LogP contribution in [0.2, 0.25) is 10.0 Å². The number of ether oxygens (including phenoxy) is 2. The summed E-state index contributed by atoms with van der Waals surface area (Å²) in [5.41, 5.74) is 1.48. The summed E-state index contributed by atoms with van der Waals surface area (Å²) in [7, 11) is 0. The number of benzene rings is 1. The predicted octanol–water partition coefficient (Wildman–Crippen LogP) is 5.92. The Morgan fingerprint density at radius 1 is 1.11 bits per heavy atom. The summed E-state index contributed by atoms with van der Waals surface area (Å²) in [5, 5.41) is 9.78. The van der Waals surface area contributed by atoms with Gasteiger partial charge in [0.2, 0.25) is 11.8 Å². The lowest BCUT2D eigenvalue weighted by Gasteiger charge is -2.25. The average Bonchev–Trinajstić information content (AvgIpc) is 3.35. The Kier molecular flexibility index (Phi) is 8.29. The molecule has 2 aromatic heterocycles. The monoisotopic (exact) mass is 564 g/mol. The molecule has 0 radical (unpaired) electrons. The van der Waals surface area contributed by atoms with Gasteiger partial charge in [0.05, 0.1) is 21.2 Å². The molecular weight excluding hydrogens is 544 g/mol. The number of nitriles is 1. The number of halogens is 5. The maximum atomic E-state index is 13.3. The van der Waals surface area contributed by atoms with Crippen LogP contribution in [0.15, 0.2) is 54.9 Å². The quantitative estimate of drug-likeness (QED) is 0.354. The van der Waals surface area contributed by atoms with Crippen molar-refractivity contribution in [2.75, 3.05) is 19.7 Å². The Balaban J connectivity index is 1.54. The Hall–Kier alpha value is -3.55. The third kappa shape index (κ3) is 6.65. The average molecular weight is 565 g/mol. The topological polar surface area (TPSA) is 88.3 Å². The van der Waals surface area contributed by atoms with Crippen LogP contribution in [0.25, 0.3) is 0 Å². The van der Waals surface area contributed by atoms with E-state index in [-0.39, 0.29) is 35.3 Å². The van der Waals surface area contributed by atoms with Crippen molar-refractivity contribution in [3.63, 3.8) is 0 Å². The lowest BCUT2D eigenvalue weighted by molar-refractivity contribution is -0.154. The molecule has 0 bridgehead atoms. The fraction of sp³-hybridized carbons (Fsp3) is 0.308. The minimum Gasteiger partial charge on any atom is -0.474 e. The summed E-state index contributed by atoms with van der Waals surface area (Å²) >= 11 is 12.4. The number of carbonyl (C=O) groups excluding carboxylic acids is 1. The van der Waals surface area contributed by atoms with Crippen LogP contribution in [-0.2, 0) is 0 Å². The maximum Gasteiger partial charge on any atom is 0.422 e. The van der Waals surface area contributed by atoms with Gasteiger partial charge in [-0.15, -0.1) is 0 Å². The highest BCUT2D eigenvalue weighted by molar-refractivity contribution is 6.42. The van der Waals surface area contributed by atoms with Gasteiger partial charge in [-0.1, -0.05) is 29.3 Å². The maximum absolute atomic E-state index is 13.3. The van der Waals surface area contributed by atoms with Gasteiger partial charge in [0.25, 0.3) is 5.91 Å². The molecule has 1 saturated heterocycles. The third-order valence-corrected chi connectivity index (χ3v) is 6.91. The Bertz CT molecular complexity index is 1330. The number of amides is 1. The molecule has 1 amide bonds. The standard InChI is InChI=1S/C26H21Cl2F3N4O3/c1-15(38-24-6-2-16(9-32)10-33-24)19-12-35(13-20(19)17-3-5-21(27)22(28)8-17)25(36)18-4-7-23(34-11-18)37-14-26(29,30)31/h2-8,10-11,15,19-20H,12-14H2,1H3/t15-,19+,20+/m0/s1. The first-order valence-electron chi connectivity index (χ1n) is 11.5. The van der Waals surface area contributed by atoms with Crippen LogP contribution < -0.4 is 9.47 Å². The zero-order chi connectivity index (χ0) is 27.4. The normalized spacial score (nSPS) is 18.1. The van der Waals surface area contributed by atoms with Crippen molar-refractivity contribution in [1.82, 2.24) is 14.9 Å². The summed E-state index contributed by atoms with van der Waals surface area (Å²) in [4.78, 5) is 22.9. The first-order chi connectivity index (χ1) is 18.0. The Morgan fingerprint density at radius 3 is 2.45 bits per heavy atom. The number of nitrogens with zero attached hydrogens (tertiary/aromatic N) is 4. The first kappa shape index (κ1) is 27.5. The van der Waals surface area contributed by atoms with Crippen molar-refractivity contribution < 1.29 is 27.4 Å². The highest BCUT2D eigenvalue weighted by atomic mass is 35.5. The minimum atomic E-state index is -4.49. The number of likely N-dealkylation sites (tertiary alicyclic amines) is 1. The number of hydrogen-bond donors (Lipinski definition) is 0. The molecule has 12 heteroatoms. The Labute approximate surface area is 226 Å². The van der Waals surface area contributed by atoms with Crippen LogP contribution in [0.1, 0.15) is 34.3 Å². The van der Waals surface area contributed by atoms with E-state index in [2.05, 4.69) is 14.7 Å². The lowest BCUT2D eigenvalue weighted by Crippen LogP contribution is -2.32. The molecule has 3 aromatic rings. The molecule has 1 fully saturated rings. The summed E-state index contributed by atoms with van der Waals surface area (Å²) in [5.74, 6) is -0.562. The number of alkyl halides is 3. The van der Waals surface area contributed by atoms with Crippen molar-refractivity contribution in [1.29, 1.82) is 5.26 Å². The number of pyridine rings is 2. The van der Waals surface area contributed by atoms with E-state index in [4.69, 9.17) is 33.2 Å². The van der Waals surface area contributed by atoms with Gasteiger partial charge in [-0.25, -0.2) is 9.97 Å². The van der Waals surface area contributed by atoms with Crippen LogP contribution >= 0.6 is 23.2 Å². The van der Waals surface area contributed by atoms with Gasteiger partial charge >= 0.3 is 6.18 Å². The lowest BCUT2D eigenvalue weighted by atomic mass is 9.86. The molecule has 1 aliphatic heterocycles. The van der Waals surface area contributed by atoms with Gasteiger partial charge in [0, 0.05) is 49.5 Å². The van der Waals surface area contributed by atoms with Crippen LogP contribution in [-0.4, -0.2) is 52.8 Å². The predicted molar refractivity (Wildman–Crippen MR) is 133 cm³/mol. The molecule has 0 aliphatic carbocycles. The molecule has 38 heavy (non-hydrogen) atoms. The smallest absolute Gasteiger partial charge is 0.422 e. The highest BCUT2D eigenvalue weighted by Gasteiger charge is 2.40.